The first kappa shape index (κ1) is 22.1. The van der Waals surface area contributed by atoms with Crippen molar-refractivity contribution < 1.29 is 4.79 Å². The first-order chi connectivity index (χ1) is 14.9. The number of amides is 1. The molecule has 0 bridgehead atoms. The summed E-state index contributed by atoms with van der Waals surface area (Å²) < 4.78 is 1.54. The second-order valence-electron chi connectivity index (χ2n) is 9.53. The lowest BCUT2D eigenvalue weighted by Gasteiger charge is -2.34. The number of fused-ring (bicyclic) bond motifs is 1. The second-order valence-corrected chi connectivity index (χ2v) is 9.53. The van der Waals surface area contributed by atoms with Gasteiger partial charge in [-0.25, -0.2) is 9.50 Å². The number of nitrogens with one attached hydrogen (secondary N) is 1. The van der Waals surface area contributed by atoms with E-state index in [0.29, 0.717) is 17.6 Å². The number of H-pyrrole nitrogens is 1. The Morgan fingerprint density at radius 1 is 1.13 bits per heavy atom. The van der Waals surface area contributed by atoms with Crippen LogP contribution >= 0.6 is 0 Å². The largest absolute Gasteiger partial charge is 0.334 e. The highest BCUT2D eigenvalue weighted by Crippen LogP contribution is 2.34. The van der Waals surface area contributed by atoms with E-state index in [1.807, 2.05) is 11.0 Å². The molecular formula is C24H37N5O2. The van der Waals surface area contributed by atoms with Crippen LogP contribution in [0.3, 0.4) is 0 Å². The van der Waals surface area contributed by atoms with Gasteiger partial charge in [-0.2, -0.15) is 0 Å². The zero-order chi connectivity index (χ0) is 22.1. The molecule has 1 N–H and O–H groups in total. The average molecular weight is 428 g/mol. The van der Waals surface area contributed by atoms with Crippen LogP contribution in [0.25, 0.3) is 5.65 Å². The molecule has 170 valence electrons. The van der Waals surface area contributed by atoms with E-state index in [9.17, 15) is 9.59 Å². The summed E-state index contributed by atoms with van der Waals surface area (Å²) in [5, 5.41) is 3.26. The van der Waals surface area contributed by atoms with Crippen molar-refractivity contribution in [3.63, 3.8) is 0 Å². The van der Waals surface area contributed by atoms with Crippen LogP contribution in [0.5, 0.6) is 0 Å². The highest BCUT2D eigenvalue weighted by Gasteiger charge is 2.34. The van der Waals surface area contributed by atoms with Gasteiger partial charge in [-0.05, 0) is 65.5 Å². The van der Waals surface area contributed by atoms with Crippen LogP contribution in [0, 0.1) is 5.92 Å². The van der Waals surface area contributed by atoms with E-state index in [-0.39, 0.29) is 23.4 Å². The maximum absolute atomic E-state index is 13.0. The lowest BCUT2D eigenvalue weighted by Crippen LogP contribution is -2.38. The number of rotatable bonds is 6. The van der Waals surface area contributed by atoms with Crippen LogP contribution in [0.15, 0.2) is 16.9 Å². The van der Waals surface area contributed by atoms with E-state index in [2.05, 4.69) is 37.7 Å². The van der Waals surface area contributed by atoms with Gasteiger partial charge in [0.1, 0.15) is 0 Å². The van der Waals surface area contributed by atoms with Crippen LogP contribution in [0.1, 0.15) is 89.6 Å². The summed E-state index contributed by atoms with van der Waals surface area (Å²) in [7, 11) is 0. The number of likely N-dealkylation sites (tertiary alicyclic amines) is 2. The molecule has 0 saturated carbocycles. The van der Waals surface area contributed by atoms with Crippen LogP contribution in [-0.2, 0) is 4.79 Å². The summed E-state index contributed by atoms with van der Waals surface area (Å²) in [5.74, 6) is 0.656. The van der Waals surface area contributed by atoms with Crippen molar-refractivity contribution in [2.24, 2.45) is 5.92 Å². The number of carbonyl (C=O) groups is 1. The van der Waals surface area contributed by atoms with Gasteiger partial charge in [-0.1, -0.05) is 13.8 Å². The number of aromatic nitrogens is 3. The fourth-order valence-electron chi connectivity index (χ4n) is 5.35. The van der Waals surface area contributed by atoms with Gasteiger partial charge in [-0.15, -0.1) is 0 Å². The molecule has 31 heavy (non-hydrogen) atoms. The third kappa shape index (κ3) is 4.29. The van der Waals surface area contributed by atoms with Crippen molar-refractivity contribution in [1.29, 1.82) is 0 Å². The average Bonchev–Trinajstić information content (AvgIpc) is 3.41. The number of carbonyl (C=O) groups excluding carboxylic acids is 1. The number of hydrogen-bond donors (Lipinski definition) is 1. The molecule has 0 spiro atoms. The summed E-state index contributed by atoms with van der Waals surface area (Å²) in [5.41, 5.74) is 2.45. The topological polar surface area (TPSA) is 73.7 Å². The molecule has 2 aromatic heterocycles. The molecule has 7 nitrogen and oxygen atoms in total. The maximum Gasteiger partial charge on any atom is 0.272 e. The second kappa shape index (κ2) is 9.15. The van der Waals surface area contributed by atoms with Gasteiger partial charge in [0.2, 0.25) is 5.91 Å². The molecular weight excluding hydrogens is 390 g/mol. The molecule has 0 aromatic carbocycles. The van der Waals surface area contributed by atoms with Gasteiger partial charge >= 0.3 is 0 Å². The first-order valence-electron chi connectivity index (χ1n) is 12.1. The van der Waals surface area contributed by atoms with Crippen molar-refractivity contribution in [3.8, 4) is 0 Å². The molecule has 0 radical (unpaired) electrons. The van der Waals surface area contributed by atoms with Crippen LogP contribution in [-0.4, -0.2) is 56.0 Å². The third-order valence-corrected chi connectivity index (χ3v) is 7.40. The van der Waals surface area contributed by atoms with Gasteiger partial charge in [0.05, 0.1) is 17.4 Å². The Labute approximate surface area is 184 Å². The van der Waals surface area contributed by atoms with Crippen molar-refractivity contribution in [3.05, 3.63) is 33.9 Å². The minimum absolute atomic E-state index is 0.00642. The van der Waals surface area contributed by atoms with E-state index in [1.54, 1.807) is 10.6 Å². The van der Waals surface area contributed by atoms with Gasteiger partial charge in [0.25, 0.3) is 5.56 Å². The lowest BCUT2D eigenvalue weighted by atomic mass is 9.92. The van der Waals surface area contributed by atoms with Crippen molar-refractivity contribution in [2.75, 3.05) is 19.6 Å². The molecule has 4 rings (SSSR count). The van der Waals surface area contributed by atoms with Crippen molar-refractivity contribution in [1.82, 2.24) is 24.4 Å². The predicted octanol–water partition coefficient (Wildman–Crippen LogP) is 3.71. The fourth-order valence-corrected chi connectivity index (χ4v) is 5.35. The predicted molar refractivity (Wildman–Crippen MR) is 122 cm³/mol. The summed E-state index contributed by atoms with van der Waals surface area (Å²) in [6, 6.07) is 4.25. The van der Waals surface area contributed by atoms with Crippen molar-refractivity contribution >= 4 is 11.6 Å². The molecule has 4 heterocycles. The van der Waals surface area contributed by atoms with E-state index in [4.69, 9.17) is 4.98 Å². The molecule has 1 amide bonds. The summed E-state index contributed by atoms with van der Waals surface area (Å²) in [6.45, 7) is 11.5. The van der Waals surface area contributed by atoms with Crippen molar-refractivity contribution in [2.45, 2.75) is 84.2 Å². The molecule has 1 unspecified atom stereocenters. The molecule has 2 aliphatic rings. The van der Waals surface area contributed by atoms with E-state index >= 15 is 0 Å². The molecule has 2 aliphatic heterocycles. The number of piperidine rings is 1. The standard InChI is InChI=1S/C24H37N5O2/c1-5-17(6-2)24(31)28-11-7-8-21(28)20-14-22-25-19(15-23(30)29(22)26-20)18-9-12-27(13-10-18)16(3)4/h14-18,21,26H,5-13H2,1-4H3. The van der Waals surface area contributed by atoms with Crippen LogP contribution in [0.4, 0.5) is 0 Å². The molecule has 0 aliphatic carbocycles. The first-order valence-corrected chi connectivity index (χ1v) is 12.1. The summed E-state index contributed by atoms with van der Waals surface area (Å²) in [6.07, 6.45) is 5.73. The quantitative estimate of drug-likeness (QED) is 0.763. The monoisotopic (exact) mass is 427 g/mol. The summed E-state index contributed by atoms with van der Waals surface area (Å²) >= 11 is 0. The van der Waals surface area contributed by atoms with E-state index < -0.39 is 0 Å². The Balaban J connectivity index is 1.58. The molecule has 1 atom stereocenters. The Morgan fingerprint density at radius 3 is 2.48 bits per heavy atom. The Bertz CT molecular complexity index is 966. The van der Waals surface area contributed by atoms with Gasteiger partial charge in [0, 0.05) is 36.6 Å². The minimum Gasteiger partial charge on any atom is -0.334 e. The number of nitrogens with zero attached hydrogens (tertiary/aromatic N) is 4. The smallest absolute Gasteiger partial charge is 0.272 e. The number of aromatic amines is 1. The third-order valence-electron chi connectivity index (χ3n) is 7.40. The highest BCUT2D eigenvalue weighted by atomic mass is 16.2. The molecule has 2 aromatic rings. The number of hydrogen-bond acceptors (Lipinski definition) is 4. The van der Waals surface area contributed by atoms with Crippen LogP contribution < -0.4 is 5.56 Å². The Morgan fingerprint density at radius 2 is 1.84 bits per heavy atom. The minimum atomic E-state index is -0.0617. The zero-order valence-electron chi connectivity index (χ0n) is 19.4. The highest BCUT2D eigenvalue weighted by molar-refractivity contribution is 5.79. The molecule has 7 heteroatoms. The van der Waals surface area contributed by atoms with Gasteiger partial charge in [0.15, 0.2) is 5.65 Å². The molecule has 2 saturated heterocycles. The zero-order valence-corrected chi connectivity index (χ0v) is 19.4. The summed E-state index contributed by atoms with van der Waals surface area (Å²) in [4.78, 5) is 35.3. The Hall–Kier alpha value is -2.15. The van der Waals surface area contributed by atoms with E-state index in [0.717, 1.165) is 69.5 Å². The Kier molecular flexibility index (Phi) is 6.51. The normalized spacial score (nSPS) is 21.1. The van der Waals surface area contributed by atoms with Gasteiger partial charge in [-0.3, -0.25) is 14.7 Å². The van der Waals surface area contributed by atoms with Gasteiger partial charge < -0.3 is 9.80 Å². The SMILES string of the molecule is CCC(CC)C(=O)N1CCCC1c1cc2nc(C3CCN(C(C)C)CC3)cc(=O)n2[nH]1. The molecule has 2 fully saturated rings. The maximum atomic E-state index is 13.0. The van der Waals surface area contributed by atoms with Crippen LogP contribution in [0.2, 0.25) is 0 Å². The van der Waals surface area contributed by atoms with E-state index in [1.165, 1.54) is 0 Å². The lowest BCUT2D eigenvalue weighted by molar-refractivity contribution is -0.136. The fraction of sp³-hybridized carbons (Fsp3) is 0.708.